The largest absolute Gasteiger partial charge is 0.488 e. The number of ether oxygens (including phenoxy) is 2. The lowest BCUT2D eigenvalue weighted by Crippen LogP contribution is -2.43. The van der Waals surface area contributed by atoms with Crippen LogP contribution in [0.25, 0.3) is 16.7 Å². The van der Waals surface area contributed by atoms with E-state index in [2.05, 4.69) is 87.5 Å². The molecule has 1 fully saturated rings. The lowest BCUT2D eigenvalue weighted by atomic mass is 9.95. The number of fused-ring (bicyclic) bond motifs is 5. The molecule has 2 atom stereocenters. The minimum Gasteiger partial charge on any atom is -0.488 e. The van der Waals surface area contributed by atoms with Crippen LogP contribution >= 0.6 is 0 Å². The monoisotopic (exact) mass is 479 g/mol. The van der Waals surface area contributed by atoms with Gasteiger partial charge in [-0.05, 0) is 85.6 Å². The van der Waals surface area contributed by atoms with E-state index in [9.17, 15) is 4.79 Å². The predicted octanol–water partition coefficient (Wildman–Crippen LogP) is 7.43. The van der Waals surface area contributed by atoms with Crippen molar-refractivity contribution in [3.8, 4) is 16.9 Å². The smallest absolute Gasteiger partial charge is 0.410 e. The van der Waals surface area contributed by atoms with Gasteiger partial charge in [-0.1, -0.05) is 66.7 Å². The van der Waals surface area contributed by atoms with Gasteiger partial charge in [0.2, 0.25) is 0 Å². The van der Waals surface area contributed by atoms with Crippen LogP contribution in [0.15, 0.2) is 78.9 Å². The number of rotatable bonds is 4. The van der Waals surface area contributed by atoms with Gasteiger partial charge >= 0.3 is 6.09 Å². The molecule has 3 aromatic carbocycles. The maximum absolute atomic E-state index is 13.3. The molecule has 2 aliphatic heterocycles. The van der Waals surface area contributed by atoms with Crippen molar-refractivity contribution < 1.29 is 14.3 Å². The zero-order chi connectivity index (χ0) is 24.9. The summed E-state index contributed by atoms with van der Waals surface area (Å²) in [4.78, 5) is 15.3. The summed E-state index contributed by atoms with van der Waals surface area (Å²) in [6.45, 7) is 6.54. The highest BCUT2D eigenvalue weighted by molar-refractivity contribution is 5.79. The molecule has 0 N–H and O–H groups in total. The molecule has 2 bridgehead atoms. The molecule has 1 amide bonds. The molecule has 0 saturated carbocycles. The molecular weight excluding hydrogens is 446 g/mol. The van der Waals surface area contributed by atoms with Crippen LogP contribution in [-0.2, 0) is 4.74 Å². The number of carbonyl (C=O) groups excluding carboxylic acids is 1. The number of amides is 1. The first-order valence-corrected chi connectivity index (χ1v) is 13.0. The zero-order valence-corrected chi connectivity index (χ0v) is 21.2. The van der Waals surface area contributed by atoms with Crippen LogP contribution in [0.4, 0.5) is 4.79 Å². The maximum Gasteiger partial charge on any atom is 0.410 e. The highest BCUT2D eigenvalue weighted by atomic mass is 16.6. The fourth-order valence-electron chi connectivity index (χ4n) is 6.09. The second-order valence-electron chi connectivity index (χ2n) is 11.1. The molecule has 0 radical (unpaired) electrons. The van der Waals surface area contributed by atoms with Gasteiger partial charge in [-0.15, -0.1) is 0 Å². The van der Waals surface area contributed by atoms with E-state index in [4.69, 9.17) is 9.47 Å². The third-order valence-electron chi connectivity index (χ3n) is 7.59. The van der Waals surface area contributed by atoms with Gasteiger partial charge in [-0.3, -0.25) is 4.90 Å². The van der Waals surface area contributed by atoms with Crippen molar-refractivity contribution in [3.05, 3.63) is 95.6 Å². The fourth-order valence-corrected chi connectivity index (χ4v) is 6.09. The highest BCUT2D eigenvalue weighted by Gasteiger charge is 2.41. The Kier molecular flexibility index (Phi) is 5.63. The molecule has 1 saturated heterocycles. The first kappa shape index (κ1) is 22.9. The van der Waals surface area contributed by atoms with Crippen LogP contribution in [0, 0.1) is 0 Å². The average Bonchev–Trinajstić information content (AvgIpc) is 3.32. The zero-order valence-electron chi connectivity index (χ0n) is 21.2. The minimum absolute atomic E-state index is 0.0868. The molecule has 3 aromatic rings. The third-order valence-corrected chi connectivity index (χ3v) is 7.59. The number of hydrogen-bond acceptors (Lipinski definition) is 3. The standard InChI is InChI=1S/C32H33NO3/c1-32(2,3)36-25-16-12-21(13-17-25)22-18-23-14-15-24(19-22)33(23)31(34)35-20-30-28-10-6-4-8-26(28)27-9-5-7-11-29(27)30/h4-13,16-18,23-24,30H,14-15,19-20H2,1-3H3. The summed E-state index contributed by atoms with van der Waals surface area (Å²) >= 11 is 0. The predicted molar refractivity (Wildman–Crippen MR) is 143 cm³/mol. The quantitative estimate of drug-likeness (QED) is 0.390. The van der Waals surface area contributed by atoms with Crippen molar-refractivity contribution in [1.82, 2.24) is 4.90 Å². The van der Waals surface area contributed by atoms with Crippen LogP contribution in [0.3, 0.4) is 0 Å². The van der Waals surface area contributed by atoms with Crippen molar-refractivity contribution >= 4 is 11.7 Å². The molecule has 3 aliphatic rings. The molecule has 4 nitrogen and oxygen atoms in total. The van der Waals surface area contributed by atoms with Crippen molar-refractivity contribution in [2.45, 2.75) is 63.6 Å². The molecule has 184 valence electrons. The van der Waals surface area contributed by atoms with E-state index in [1.807, 2.05) is 17.0 Å². The van der Waals surface area contributed by atoms with E-state index in [-0.39, 0.29) is 29.7 Å². The molecule has 2 unspecified atom stereocenters. The van der Waals surface area contributed by atoms with Crippen LogP contribution in [0.5, 0.6) is 5.75 Å². The van der Waals surface area contributed by atoms with Crippen LogP contribution < -0.4 is 4.74 Å². The van der Waals surface area contributed by atoms with E-state index in [0.29, 0.717) is 6.61 Å². The van der Waals surface area contributed by atoms with E-state index in [0.717, 1.165) is 25.0 Å². The van der Waals surface area contributed by atoms with Crippen molar-refractivity contribution in [3.63, 3.8) is 0 Å². The first-order valence-electron chi connectivity index (χ1n) is 13.0. The molecular formula is C32H33NO3. The minimum atomic E-state index is -0.214. The SMILES string of the molecule is CC(C)(C)Oc1ccc(C2=CC3CCC(C2)N3C(=O)OCC2c3ccccc3-c3ccccc32)cc1. The number of carbonyl (C=O) groups is 1. The Morgan fingerprint density at radius 1 is 0.889 bits per heavy atom. The molecule has 4 heteroatoms. The average molecular weight is 480 g/mol. The summed E-state index contributed by atoms with van der Waals surface area (Å²) in [5.74, 6) is 0.967. The van der Waals surface area contributed by atoms with Crippen molar-refractivity contribution in [2.24, 2.45) is 0 Å². The number of benzene rings is 3. The normalized spacial score (nSPS) is 20.5. The van der Waals surface area contributed by atoms with Gasteiger partial charge in [-0.2, -0.15) is 0 Å². The lowest BCUT2D eigenvalue weighted by molar-refractivity contribution is 0.0866. The molecule has 6 rings (SSSR count). The Hall–Kier alpha value is -3.53. The Balaban J connectivity index is 1.15. The Morgan fingerprint density at radius 3 is 2.14 bits per heavy atom. The van der Waals surface area contributed by atoms with Gasteiger partial charge in [0.05, 0.1) is 6.04 Å². The second-order valence-corrected chi connectivity index (χ2v) is 11.1. The van der Waals surface area contributed by atoms with Crippen molar-refractivity contribution in [1.29, 1.82) is 0 Å². The second kappa shape index (κ2) is 8.85. The molecule has 0 aromatic heterocycles. The van der Waals surface area contributed by atoms with Crippen LogP contribution in [0.1, 0.15) is 62.6 Å². The number of hydrogen-bond donors (Lipinski definition) is 0. The van der Waals surface area contributed by atoms with Gasteiger partial charge in [0.15, 0.2) is 0 Å². The van der Waals surface area contributed by atoms with Gasteiger partial charge < -0.3 is 9.47 Å². The molecule has 0 spiro atoms. The van der Waals surface area contributed by atoms with E-state index in [1.54, 1.807) is 0 Å². The molecule has 1 aliphatic carbocycles. The summed E-state index contributed by atoms with van der Waals surface area (Å²) in [7, 11) is 0. The highest BCUT2D eigenvalue weighted by Crippen LogP contribution is 2.45. The molecule has 2 heterocycles. The van der Waals surface area contributed by atoms with Gasteiger partial charge in [0.1, 0.15) is 18.0 Å². The topological polar surface area (TPSA) is 38.8 Å². The van der Waals surface area contributed by atoms with E-state index in [1.165, 1.54) is 33.4 Å². The summed E-state index contributed by atoms with van der Waals surface area (Å²) in [6, 6.07) is 25.6. The summed E-state index contributed by atoms with van der Waals surface area (Å²) in [5.41, 5.74) is 7.29. The van der Waals surface area contributed by atoms with E-state index >= 15 is 0 Å². The maximum atomic E-state index is 13.3. The van der Waals surface area contributed by atoms with Gasteiger partial charge in [0.25, 0.3) is 0 Å². The Bertz CT molecular complexity index is 1270. The summed E-state index contributed by atoms with van der Waals surface area (Å²) in [6.07, 6.45) is 4.95. The molecule has 36 heavy (non-hydrogen) atoms. The van der Waals surface area contributed by atoms with Crippen LogP contribution in [0.2, 0.25) is 0 Å². The Labute approximate surface area is 213 Å². The fraction of sp³-hybridized carbons (Fsp3) is 0.344. The van der Waals surface area contributed by atoms with Crippen molar-refractivity contribution in [2.75, 3.05) is 6.61 Å². The van der Waals surface area contributed by atoms with E-state index < -0.39 is 0 Å². The van der Waals surface area contributed by atoms with Gasteiger partial charge in [0, 0.05) is 12.0 Å². The first-order chi connectivity index (χ1) is 17.4. The summed E-state index contributed by atoms with van der Waals surface area (Å²) < 4.78 is 12.0. The Morgan fingerprint density at radius 2 is 1.53 bits per heavy atom. The van der Waals surface area contributed by atoms with Crippen LogP contribution in [-0.4, -0.2) is 35.3 Å². The lowest BCUT2D eigenvalue weighted by Gasteiger charge is -2.33. The summed E-state index contributed by atoms with van der Waals surface area (Å²) in [5, 5.41) is 0. The van der Waals surface area contributed by atoms with Gasteiger partial charge in [-0.25, -0.2) is 4.79 Å². The number of nitrogens with zero attached hydrogens (tertiary/aromatic N) is 1. The third kappa shape index (κ3) is 4.19.